The van der Waals surface area contributed by atoms with Crippen LogP contribution in [0.4, 0.5) is 0 Å². The summed E-state index contributed by atoms with van der Waals surface area (Å²) in [6.45, 7) is 7.56. The Morgan fingerprint density at radius 2 is 2.00 bits per heavy atom. The summed E-state index contributed by atoms with van der Waals surface area (Å²) in [5.74, 6) is 0.271. The molecule has 1 aliphatic rings. The largest absolute Gasteiger partial charge is 0.388 e. The van der Waals surface area contributed by atoms with Crippen LogP contribution >= 0.6 is 0 Å². The molecular weight excluding hydrogens is 198 g/mol. The zero-order chi connectivity index (χ0) is 12.0. The second-order valence-electron chi connectivity index (χ2n) is 5.64. The number of ketones is 1. The molecule has 0 spiro atoms. The minimum atomic E-state index is 0.136. The van der Waals surface area contributed by atoms with Crippen molar-refractivity contribution >= 4 is 5.78 Å². The van der Waals surface area contributed by atoms with Crippen LogP contribution in [0.15, 0.2) is 11.8 Å². The Hall–Kier alpha value is -0.790. The van der Waals surface area contributed by atoms with Crippen LogP contribution in [0.3, 0.4) is 0 Å². The third-order valence-corrected chi connectivity index (χ3v) is 3.04. The maximum Gasteiger partial charge on any atom is 0.157 e. The van der Waals surface area contributed by atoms with E-state index in [1.54, 1.807) is 6.08 Å². The minimum Gasteiger partial charge on any atom is -0.388 e. The molecule has 0 aromatic rings. The maximum absolute atomic E-state index is 11.5. The topological polar surface area (TPSA) is 29.1 Å². The Morgan fingerprint density at radius 1 is 1.25 bits per heavy atom. The van der Waals surface area contributed by atoms with Gasteiger partial charge < -0.3 is 5.32 Å². The van der Waals surface area contributed by atoms with Crippen molar-refractivity contribution in [1.82, 2.24) is 5.32 Å². The van der Waals surface area contributed by atoms with Crippen LogP contribution < -0.4 is 5.32 Å². The summed E-state index contributed by atoms with van der Waals surface area (Å²) < 4.78 is 0. The van der Waals surface area contributed by atoms with E-state index in [1.807, 2.05) is 0 Å². The molecule has 16 heavy (non-hydrogen) atoms. The Kier molecular flexibility index (Phi) is 5.04. The van der Waals surface area contributed by atoms with Crippen molar-refractivity contribution in [1.29, 1.82) is 0 Å². The lowest BCUT2D eigenvalue weighted by Gasteiger charge is -2.29. The Morgan fingerprint density at radius 3 is 2.62 bits per heavy atom. The molecular formula is C14H25NO. The molecule has 0 fully saturated rings. The van der Waals surface area contributed by atoms with Crippen LogP contribution in [0.5, 0.6) is 0 Å². The summed E-state index contributed by atoms with van der Waals surface area (Å²) in [5.41, 5.74) is 1.27. The first-order valence-corrected chi connectivity index (χ1v) is 6.51. The number of allylic oxidation sites excluding steroid dienone is 2. The fourth-order valence-electron chi connectivity index (χ4n) is 2.26. The van der Waals surface area contributed by atoms with Crippen molar-refractivity contribution in [2.24, 2.45) is 5.41 Å². The minimum absolute atomic E-state index is 0.136. The van der Waals surface area contributed by atoms with Gasteiger partial charge in [-0.2, -0.15) is 0 Å². The van der Waals surface area contributed by atoms with E-state index >= 15 is 0 Å². The predicted molar refractivity (Wildman–Crippen MR) is 68.2 cm³/mol. The summed E-state index contributed by atoms with van der Waals surface area (Å²) in [5, 5.41) is 3.41. The van der Waals surface area contributed by atoms with E-state index in [1.165, 1.54) is 25.7 Å². The van der Waals surface area contributed by atoms with Gasteiger partial charge in [-0.15, -0.1) is 0 Å². The van der Waals surface area contributed by atoms with E-state index in [2.05, 4.69) is 26.1 Å². The van der Waals surface area contributed by atoms with Gasteiger partial charge in [-0.05, 0) is 18.3 Å². The van der Waals surface area contributed by atoms with Crippen molar-refractivity contribution in [2.45, 2.75) is 59.3 Å². The van der Waals surface area contributed by atoms with E-state index in [0.717, 1.165) is 18.7 Å². The number of unbranched alkanes of at least 4 members (excludes halogenated alkanes) is 3. The summed E-state index contributed by atoms with van der Waals surface area (Å²) in [7, 11) is 0. The lowest BCUT2D eigenvalue weighted by atomic mass is 9.79. The molecule has 0 amide bonds. The first-order valence-electron chi connectivity index (χ1n) is 6.51. The quantitative estimate of drug-likeness (QED) is 0.699. The molecule has 1 N–H and O–H groups in total. The maximum atomic E-state index is 11.5. The van der Waals surface area contributed by atoms with Gasteiger partial charge >= 0.3 is 0 Å². The lowest BCUT2D eigenvalue weighted by Crippen LogP contribution is -2.28. The molecule has 2 heteroatoms. The van der Waals surface area contributed by atoms with E-state index in [-0.39, 0.29) is 11.2 Å². The summed E-state index contributed by atoms with van der Waals surface area (Å²) in [4.78, 5) is 11.5. The number of carbonyl (C=O) groups excluding carboxylic acids is 1. The van der Waals surface area contributed by atoms with Crippen molar-refractivity contribution in [2.75, 3.05) is 6.54 Å². The van der Waals surface area contributed by atoms with Crippen molar-refractivity contribution in [3.8, 4) is 0 Å². The van der Waals surface area contributed by atoms with E-state index < -0.39 is 0 Å². The number of rotatable bonds is 6. The normalized spacial score (nSPS) is 19.4. The van der Waals surface area contributed by atoms with Gasteiger partial charge in [-0.3, -0.25) is 4.79 Å². The van der Waals surface area contributed by atoms with E-state index in [4.69, 9.17) is 0 Å². The molecule has 2 nitrogen and oxygen atoms in total. The summed E-state index contributed by atoms with van der Waals surface area (Å²) >= 11 is 0. The van der Waals surface area contributed by atoms with Gasteiger partial charge in [0, 0.05) is 24.7 Å². The van der Waals surface area contributed by atoms with Gasteiger partial charge in [-0.1, -0.05) is 40.0 Å². The van der Waals surface area contributed by atoms with E-state index in [9.17, 15) is 4.79 Å². The van der Waals surface area contributed by atoms with Crippen LogP contribution in [-0.4, -0.2) is 12.3 Å². The number of hydrogen-bond donors (Lipinski definition) is 1. The molecule has 1 rings (SSSR count). The molecule has 1 aliphatic carbocycles. The second kappa shape index (κ2) is 6.07. The highest BCUT2D eigenvalue weighted by Crippen LogP contribution is 2.32. The monoisotopic (exact) mass is 223 g/mol. The molecule has 0 bridgehead atoms. The van der Waals surface area contributed by atoms with Crippen LogP contribution in [-0.2, 0) is 4.79 Å². The van der Waals surface area contributed by atoms with Crippen LogP contribution in [0, 0.1) is 5.41 Å². The smallest absolute Gasteiger partial charge is 0.157 e. The average molecular weight is 223 g/mol. The molecule has 0 atom stereocenters. The molecule has 0 aromatic carbocycles. The van der Waals surface area contributed by atoms with Crippen molar-refractivity contribution in [3.63, 3.8) is 0 Å². The zero-order valence-electron chi connectivity index (χ0n) is 10.9. The molecule has 0 unspecified atom stereocenters. The summed E-state index contributed by atoms with van der Waals surface area (Å²) in [6, 6.07) is 0. The van der Waals surface area contributed by atoms with Gasteiger partial charge in [0.2, 0.25) is 0 Å². The molecule has 0 heterocycles. The first kappa shape index (κ1) is 13.3. The third-order valence-electron chi connectivity index (χ3n) is 3.04. The number of carbonyl (C=O) groups is 1. The Bertz CT molecular complexity index is 266. The molecule has 0 radical (unpaired) electrons. The van der Waals surface area contributed by atoms with Gasteiger partial charge in [-0.25, -0.2) is 0 Å². The van der Waals surface area contributed by atoms with Crippen molar-refractivity contribution < 1.29 is 4.79 Å². The molecule has 92 valence electrons. The Balaban J connectivity index is 2.28. The van der Waals surface area contributed by atoms with Gasteiger partial charge in [0.1, 0.15) is 0 Å². The summed E-state index contributed by atoms with van der Waals surface area (Å²) in [6.07, 6.45) is 8.57. The van der Waals surface area contributed by atoms with Crippen LogP contribution in [0.2, 0.25) is 0 Å². The highest BCUT2D eigenvalue weighted by molar-refractivity contribution is 5.91. The lowest BCUT2D eigenvalue weighted by molar-refractivity contribution is -0.117. The predicted octanol–water partition coefficient (Wildman–Crippen LogP) is 3.43. The first-order chi connectivity index (χ1) is 7.53. The van der Waals surface area contributed by atoms with Crippen molar-refractivity contribution in [3.05, 3.63) is 11.8 Å². The molecule has 0 aliphatic heterocycles. The Labute approximate surface area is 99.5 Å². The van der Waals surface area contributed by atoms with Gasteiger partial charge in [0.25, 0.3) is 0 Å². The molecule has 0 saturated heterocycles. The van der Waals surface area contributed by atoms with E-state index in [0.29, 0.717) is 6.42 Å². The highest BCUT2D eigenvalue weighted by atomic mass is 16.1. The number of nitrogens with one attached hydrogen (secondary N) is 1. The third kappa shape index (κ3) is 4.82. The standard InChI is InChI=1S/C14H25NO/c1-4-5-6-7-8-15-12-9-13(16)11-14(2,3)10-12/h9,15H,4-8,10-11H2,1-3H3. The average Bonchev–Trinajstić information content (AvgIpc) is 2.14. The second-order valence-corrected chi connectivity index (χ2v) is 5.64. The van der Waals surface area contributed by atoms with Gasteiger partial charge in [0.15, 0.2) is 5.78 Å². The molecule has 0 saturated carbocycles. The van der Waals surface area contributed by atoms with Crippen LogP contribution in [0.25, 0.3) is 0 Å². The molecule has 0 aromatic heterocycles. The zero-order valence-corrected chi connectivity index (χ0v) is 10.9. The highest BCUT2D eigenvalue weighted by Gasteiger charge is 2.27. The fraction of sp³-hybridized carbons (Fsp3) is 0.786. The van der Waals surface area contributed by atoms with Gasteiger partial charge in [0.05, 0.1) is 0 Å². The number of hydrogen-bond acceptors (Lipinski definition) is 2. The fourth-order valence-corrected chi connectivity index (χ4v) is 2.26. The van der Waals surface area contributed by atoms with Crippen LogP contribution in [0.1, 0.15) is 59.3 Å². The SMILES string of the molecule is CCCCCCNC1=CC(=O)CC(C)(C)C1.